The molecule has 1 saturated heterocycles. The maximum absolute atomic E-state index is 13.9. The first-order chi connectivity index (χ1) is 19.6. The van der Waals surface area contributed by atoms with Crippen molar-refractivity contribution < 1.29 is 14.3 Å². The topological polar surface area (TPSA) is 61.9 Å². The molecular formula is C34H33N3O3. The van der Waals surface area contributed by atoms with Gasteiger partial charge in [0.05, 0.1) is 11.8 Å². The van der Waals surface area contributed by atoms with Gasteiger partial charge in [-0.3, -0.25) is 9.59 Å². The van der Waals surface area contributed by atoms with Crippen molar-refractivity contribution in [1.82, 2.24) is 4.90 Å². The largest absolute Gasteiger partial charge is 0.457 e. The van der Waals surface area contributed by atoms with Crippen LogP contribution in [0.5, 0.6) is 11.5 Å². The van der Waals surface area contributed by atoms with Gasteiger partial charge in [-0.25, -0.2) is 0 Å². The van der Waals surface area contributed by atoms with Crippen LogP contribution in [0.4, 0.5) is 11.4 Å². The maximum atomic E-state index is 13.9. The quantitative estimate of drug-likeness (QED) is 0.313. The molecule has 40 heavy (non-hydrogen) atoms. The summed E-state index contributed by atoms with van der Waals surface area (Å²) in [7, 11) is 0. The summed E-state index contributed by atoms with van der Waals surface area (Å²) in [5.74, 6) is 1.08. The van der Waals surface area contributed by atoms with E-state index in [9.17, 15) is 9.59 Å². The standard InChI is InChI=1S/C34H33N3O3/c1-2-27(24-10-4-3-5-11-24)33(38)35-25-16-18-26(19-17-25)36-20-22-37(23-21-36)34(39)32-28-12-6-8-14-30(28)40-31-15-9-7-13-29(31)32/h3-19,27,32H,2,20-23H2,1H3,(H,35,38). The van der Waals surface area contributed by atoms with E-state index in [0.29, 0.717) is 13.1 Å². The molecule has 0 aliphatic carbocycles. The molecule has 0 spiro atoms. The van der Waals surface area contributed by atoms with Crippen molar-refractivity contribution in [2.24, 2.45) is 0 Å². The first-order valence-corrected chi connectivity index (χ1v) is 14.0. The predicted octanol–water partition coefficient (Wildman–Crippen LogP) is 6.41. The van der Waals surface area contributed by atoms with E-state index in [4.69, 9.17) is 4.74 Å². The number of rotatable bonds is 6. The van der Waals surface area contributed by atoms with Crippen molar-refractivity contribution in [2.75, 3.05) is 36.4 Å². The van der Waals surface area contributed by atoms with Gasteiger partial charge in [-0.1, -0.05) is 73.7 Å². The molecule has 2 aliphatic heterocycles. The molecule has 6 rings (SSSR count). The summed E-state index contributed by atoms with van der Waals surface area (Å²) < 4.78 is 6.09. The van der Waals surface area contributed by atoms with Crippen molar-refractivity contribution >= 4 is 23.2 Å². The molecule has 6 nitrogen and oxygen atoms in total. The summed E-state index contributed by atoms with van der Waals surface area (Å²) in [5, 5.41) is 3.08. The van der Waals surface area contributed by atoms with Crippen molar-refractivity contribution in [1.29, 1.82) is 0 Å². The number of fused-ring (bicyclic) bond motifs is 2. The van der Waals surface area contributed by atoms with Gasteiger partial charge in [0.15, 0.2) is 0 Å². The van der Waals surface area contributed by atoms with E-state index in [1.54, 1.807) is 0 Å². The average Bonchev–Trinajstić information content (AvgIpc) is 3.01. The van der Waals surface area contributed by atoms with Crippen molar-refractivity contribution in [3.05, 3.63) is 120 Å². The number of carbonyl (C=O) groups excluding carboxylic acids is 2. The Morgan fingerprint density at radius 2 is 1.35 bits per heavy atom. The molecule has 2 aliphatic rings. The summed E-state index contributed by atoms with van der Waals surface area (Å²) >= 11 is 0. The van der Waals surface area contributed by atoms with E-state index < -0.39 is 0 Å². The second-order valence-electron chi connectivity index (χ2n) is 10.3. The Bertz CT molecular complexity index is 1450. The molecule has 4 aromatic carbocycles. The molecule has 2 amide bonds. The Kier molecular flexibility index (Phi) is 7.23. The summed E-state index contributed by atoms with van der Waals surface area (Å²) in [5.41, 5.74) is 4.74. The first kappa shape index (κ1) is 25.7. The number of hydrogen-bond acceptors (Lipinski definition) is 4. The van der Waals surface area contributed by atoms with Gasteiger partial charge in [-0.05, 0) is 48.4 Å². The highest BCUT2D eigenvalue weighted by molar-refractivity contribution is 5.96. The summed E-state index contributed by atoms with van der Waals surface area (Å²) in [6.07, 6.45) is 0.738. The number of nitrogens with zero attached hydrogens (tertiary/aromatic N) is 2. The lowest BCUT2D eigenvalue weighted by Crippen LogP contribution is -2.50. The lowest BCUT2D eigenvalue weighted by atomic mass is 9.86. The molecular weight excluding hydrogens is 498 g/mol. The predicted molar refractivity (Wildman–Crippen MR) is 158 cm³/mol. The van der Waals surface area contributed by atoms with E-state index in [-0.39, 0.29) is 23.7 Å². The number of piperazine rings is 1. The number of nitrogens with one attached hydrogen (secondary N) is 1. The van der Waals surface area contributed by atoms with Gasteiger partial charge < -0.3 is 19.9 Å². The smallest absolute Gasteiger partial charge is 0.234 e. The zero-order chi connectivity index (χ0) is 27.5. The lowest BCUT2D eigenvalue weighted by Gasteiger charge is -2.38. The maximum Gasteiger partial charge on any atom is 0.234 e. The fourth-order valence-electron chi connectivity index (χ4n) is 5.79. The van der Waals surface area contributed by atoms with Gasteiger partial charge in [0.25, 0.3) is 0 Å². The number of benzene rings is 4. The van der Waals surface area contributed by atoms with Crippen LogP contribution in [0.25, 0.3) is 0 Å². The van der Waals surface area contributed by atoms with Crippen LogP contribution in [-0.2, 0) is 9.59 Å². The number of ether oxygens (including phenoxy) is 1. The summed E-state index contributed by atoms with van der Waals surface area (Å²) in [4.78, 5) is 31.1. The minimum absolute atomic E-state index is 0.00448. The highest BCUT2D eigenvalue weighted by atomic mass is 16.5. The Hall–Kier alpha value is -4.58. The van der Waals surface area contributed by atoms with Gasteiger partial charge in [0.1, 0.15) is 11.5 Å². The second kappa shape index (κ2) is 11.3. The molecule has 6 heteroatoms. The monoisotopic (exact) mass is 531 g/mol. The Labute approximate surface area is 235 Å². The molecule has 4 aromatic rings. The first-order valence-electron chi connectivity index (χ1n) is 14.0. The van der Waals surface area contributed by atoms with Gasteiger partial charge in [-0.15, -0.1) is 0 Å². The minimum Gasteiger partial charge on any atom is -0.457 e. The van der Waals surface area contributed by atoms with E-state index >= 15 is 0 Å². The van der Waals surface area contributed by atoms with E-state index in [0.717, 1.165) is 59.1 Å². The third-order valence-corrected chi connectivity index (χ3v) is 7.94. The van der Waals surface area contributed by atoms with Crippen LogP contribution in [0, 0.1) is 0 Å². The van der Waals surface area contributed by atoms with Gasteiger partial charge in [-0.2, -0.15) is 0 Å². The molecule has 202 valence electrons. The van der Waals surface area contributed by atoms with Crippen molar-refractivity contribution in [2.45, 2.75) is 25.2 Å². The fraction of sp³-hybridized carbons (Fsp3) is 0.235. The number of para-hydroxylation sites is 2. The molecule has 0 radical (unpaired) electrons. The fourth-order valence-corrected chi connectivity index (χ4v) is 5.79. The Morgan fingerprint density at radius 1 is 0.775 bits per heavy atom. The van der Waals surface area contributed by atoms with E-state index in [2.05, 4.69) is 10.2 Å². The Morgan fingerprint density at radius 3 is 1.95 bits per heavy atom. The molecule has 1 fully saturated rings. The number of amides is 2. The highest BCUT2D eigenvalue weighted by Crippen LogP contribution is 2.44. The van der Waals surface area contributed by atoms with Crippen LogP contribution >= 0.6 is 0 Å². The zero-order valence-corrected chi connectivity index (χ0v) is 22.6. The second-order valence-corrected chi connectivity index (χ2v) is 10.3. The number of anilines is 2. The molecule has 0 bridgehead atoms. The normalized spacial score (nSPS) is 15.4. The zero-order valence-electron chi connectivity index (χ0n) is 22.6. The average molecular weight is 532 g/mol. The number of carbonyl (C=O) groups is 2. The molecule has 1 N–H and O–H groups in total. The summed E-state index contributed by atoms with van der Waals surface area (Å²) in [6.45, 7) is 4.82. The SMILES string of the molecule is CCC(C(=O)Nc1ccc(N2CCN(C(=O)C3c4ccccc4Oc4ccccc43)CC2)cc1)c1ccccc1. The third kappa shape index (κ3) is 5.05. The highest BCUT2D eigenvalue weighted by Gasteiger charge is 2.36. The molecule has 0 saturated carbocycles. The van der Waals surface area contributed by atoms with Crippen LogP contribution in [0.3, 0.4) is 0 Å². The minimum atomic E-state index is -0.363. The van der Waals surface area contributed by atoms with Gasteiger partial charge >= 0.3 is 0 Å². The van der Waals surface area contributed by atoms with Gasteiger partial charge in [0.2, 0.25) is 11.8 Å². The molecule has 0 aromatic heterocycles. The molecule has 2 heterocycles. The van der Waals surface area contributed by atoms with E-state index in [1.165, 1.54) is 0 Å². The Balaban J connectivity index is 1.10. The van der Waals surface area contributed by atoms with E-state index in [1.807, 2.05) is 115 Å². The van der Waals surface area contributed by atoms with Crippen molar-refractivity contribution in [3.8, 4) is 11.5 Å². The molecule has 1 unspecified atom stereocenters. The summed E-state index contributed by atoms with van der Waals surface area (Å²) in [6, 6.07) is 33.6. The lowest BCUT2D eigenvalue weighted by molar-refractivity contribution is -0.132. The number of hydrogen-bond donors (Lipinski definition) is 1. The van der Waals surface area contributed by atoms with Crippen LogP contribution < -0.4 is 15.0 Å². The third-order valence-electron chi connectivity index (χ3n) is 7.94. The molecule has 1 atom stereocenters. The van der Waals surface area contributed by atoms with Crippen LogP contribution in [0.15, 0.2) is 103 Å². The van der Waals surface area contributed by atoms with Crippen molar-refractivity contribution in [3.63, 3.8) is 0 Å². The van der Waals surface area contributed by atoms with Crippen LogP contribution in [0.2, 0.25) is 0 Å². The van der Waals surface area contributed by atoms with Gasteiger partial charge in [0, 0.05) is 48.7 Å². The van der Waals surface area contributed by atoms with Crippen LogP contribution in [0.1, 0.15) is 41.9 Å². The van der Waals surface area contributed by atoms with Crippen LogP contribution in [-0.4, -0.2) is 42.9 Å².